The molecule has 0 spiro atoms. The van der Waals surface area contributed by atoms with E-state index in [1.165, 1.54) is 86.0 Å². The monoisotopic (exact) mass is 756 g/mol. The third-order valence-corrected chi connectivity index (χ3v) is 13.3. The smallest absolute Gasteiger partial charge is 0.135 e. The van der Waals surface area contributed by atoms with Crippen LogP contribution in [-0.2, 0) is 0 Å². The first-order valence-corrected chi connectivity index (χ1v) is 20.6. The van der Waals surface area contributed by atoms with Gasteiger partial charge in [-0.25, -0.2) is 0 Å². The van der Waals surface area contributed by atoms with Crippen molar-refractivity contribution in [2.45, 2.75) is 0 Å². The van der Waals surface area contributed by atoms with E-state index in [0.717, 1.165) is 33.3 Å². The molecule has 3 nitrogen and oxygen atoms in total. The van der Waals surface area contributed by atoms with Crippen LogP contribution in [0.1, 0.15) is 0 Å². The fraction of sp³-hybridized carbons (Fsp3) is 0. The summed E-state index contributed by atoms with van der Waals surface area (Å²) in [7, 11) is 0. The minimum Gasteiger partial charge on any atom is -0.456 e. The zero-order valence-electron chi connectivity index (χ0n) is 31.2. The Morgan fingerprint density at radius 1 is 0.328 bits per heavy atom. The number of fused-ring (bicyclic) bond motifs is 12. The van der Waals surface area contributed by atoms with Crippen molar-refractivity contribution in [3.63, 3.8) is 0 Å². The topological polar surface area (TPSA) is 23.0 Å². The van der Waals surface area contributed by atoms with Gasteiger partial charge in [-0.2, -0.15) is 0 Å². The molecule has 4 heteroatoms. The first kappa shape index (κ1) is 31.8. The number of aromatic nitrogens is 2. The predicted molar refractivity (Wildman–Crippen MR) is 246 cm³/mol. The highest BCUT2D eigenvalue weighted by Crippen LogP contribution is 2.43. The van der Waals surface area contributed by atoms with E-state index in [4.69, 9.17) is 4.42 Å². The summed E-state index contributed by atoms with van der Waals surface area (Å²) >= 11 is 1.86. The van der Waals surface area contributed by atoms with Crippen LogP contribution in [0.3, 0.4) is 0 Å². The molecule has 4 heterocycles. The summed E-state index contributed by atoms with van der Waals surface area (Å²) in [5, 5.41) is 9.76. The number of furan rings is 1. The molecule has 0 saturated heterocycles. The van der Waals surface area contributed by atoms with Gasteiger partial charge in [0.15, 0.2) is 0 Å². The van der Waals surface area contributed by atoms with E-state index in [9.17, 15) is 0 Å². The van der Waals surface area contributed by atoms with E-state index in [1.54, 1.807) is 0 Å². The number of nitrogens with zero attached hydrogens (tertiary/aromatic N) is 2. The van der Waals surface area contributed by atoms with Crippen LogP contribution in [0.25, 0.3) is 119 Å². The quantitative estimate of drug-likeness (QED) is 0.175. The maximum absolute atomic E-state index is 6.53. The number of thiophene rings is 1. The van der Waals surface area contributed by atoms with Crippen molar-refractivity contribution < 1.29 is 4.42 Å². The molecular weight excluding hydrogens is 725 g/mol. The molecule has 58 heavy (non-hydrogen) atoms. The van der Waals surface area contributed by atoms with Crippen molar-refractivity contribution in [2.75, 3.05) is 0 Å². The molecule has 0 unspecified atom stereocenters. The SMILES string of the molecule is c1ccc(-c2ccc3sc4ccc(-c5cccc6c7ccccc7n(-c7ccc8oc9ccc(-n%10c%11ccccc%11c%11ccccc%11%10)cc9c8c7)c56)cc4c3c2)cc1. The summed E-state index contributed by atoms with van der Waals surface area (Å²) in [5.74, 6) is 0. The molecule has 0 aliphatic heterocycles. The molecular formula is C54H32N2OS. The second-order valence-corrected chi connectivity index (χ2v) is 16.4. The average Bonchev–Trinajstić information content (AvgIpc) is 4.03. The van der Waals surface area contributed by atoms with Crippen molar-refractivity contribution in [1.82, 2.24) is 9.13 Å². The van der Waals surface area contributed by atoms with Crippen LogP contribution in [0.4, 0.5) is 0 Å². The molecule has 13 rings (SSSR count). The fourth-order valence-electron chi connectivity index (χ4n) is 9.51. The van der Waals surface area contributed by atoms with Crippen LogP contribution in [0, 0.1) is 0 Å². The standard InChI is InChI=1S/C54H32N2OS/c1-2-11-33(12-3-1)34-21-27-52-45(29-34)46-30-35(22-28-53(46)58-52)38-16-10-17-42-41-15-6-9-20-49(41)56(54(38)42)37-24-26-51-44(32-37)43-31-36(23-25-50(43)57-51)55-47-18-7-4-13-39(47)40-14-5-8-19-48(40)55/h1-32H. The van der Waals surface area contributed by atoms with Gasteiger partial charge in [-0.15, -0.1) is 11.3 Å². The van der Waals surface area contributed by atoms with Gasteiger partial charge in [0.1, 0.15) is 11.2 Å². The van der Waals surface area contributed by atoms with Gasteiger partial charge in [0.25, 0.3) is 0 Å². The summed E-state index contributed by atoms with van der Waals surface area (Å²) in [6, 6.07) is 70.8. The Hall–Kier alpha value is -7.40. The lowest BCUT2D eigenvalue weighted by molar-refractivity contribution is 0.669. The van der Waals surface area contributed by atoms with Crippen LogP contribution >= 0.6 is 11.3 Å². The Labute approximate surface area is 336 Å². The lowest BCUT2D eigenvalue weighted by Crippen LogP contribution is -1.95. The number of hydrogen-bond acceptors (Lipinski definition) is 2. The first-order valence-electron chi connectivity index (χ1n) is 19.7. The number of benzene rings is 9. The lowest BCUT2D eigenvalue weighted by atomic mass is 9.98. The van der Waals surface area contributed by atoms with Crippen LogP contribution < -0.4 is 0 Å². The van der Waals surface area contributed by atoms with Crippen LogP contribution in [-0.4, -0.2) is 9.13 Å². The number of para-hydroxylation sites is 4. The molecule has 0 aliphatic rings. The maximum Gasteiger partial charge on any atom is 0.135 e. The van der Waals surface area contributed by atoms with E-state index in [-0.39, 0.29) is 0 Å². The van der Waals surface area contributed by atoms with E-state index < -0.39 is 0 Å². The zero-order valence-corrected chi connectivity index (χ0v) is 32.0. The van der Waals surface area contributed by atoms with Crippen LogP contribution in [0.15, 0.2) is 199 Å². The second-order valence-electron chi connectivity index (χ2n) is 15.3. The molecule has 0 N–H and O–H groups in total. The summed E-state index contributed by atoms with van der Waals surface area (Å²) < 4.78 is 14.0. The largest absolute Gasteiger partial charge is 0.456 e. The molecule has 0 bridgehead atoms. The zero-order chi connectivity index (χ0) is 37.9. The highest BCUT2D eigenvalue weighted by Gasteiger charge is 2.20. The molecule has 0 aliphatic carbocycles. The minimum absolute atomic E-state index is 0.878. The molecule has 9 aromatic carbocycles. The Bertz CT molecular complexity index is 3750. The van der Waals surface area contributed by atoms with E-state index in [1.807, 2.05) is 11.3 Å². The van der Waals surface area contributed by atoms with Gasteiger partial charge < -0.3 is 13.6 Å². The van der Waals surface area contributed by atoms with E-state index in [2.05, 4.69) is 203 Å². The van der Waals surface area contributed by atoms with Crippen molar-refractivity contribution in [1.29, 1.82) is 0 Å². The normalized spacial score (nSPS) is 12.1. The Kier molecular flexibility index (Phi) is 6.60. The highest BCUT2D eigenvalue weighted by atomic mass is 32.1. The summed E-state index contributed by atoms with van der Waals surface area (Å²) in [5.41, 5.74) is 13.6. The van der Waals surface area contributed by atoms with E-state index in [0.29, 0.717) is 0 Å². The van der Waals surface area contributed by atoms with Gasteiger partial charge in [0, 0.05) is 69.4 Å². The average molecular weight is 757 g/mol. The van der Waals surface area contributed by atoms with Crippen LogP contribution in [0.2, 0.25) is 0 Å². The molecule has 0 radical (unpaired) electrons. The Balaban J connectivity index is 1.02. The predicted octanol–water partition coefficient (Wildman–Crippen LogP) is 15.5. The summed E-state index contributed by atoms with van der Waals surface area (Å²) in [4.78, 5) is 0. The Morgan fingerprint density at radius 3 is 1.50 bits per heavy atom. The third kappa shape index (κ3) is 4.55. The third-order valence-electron chi connectivity index (χ3n) is 12.1. The molecule has 4 aromatic heterocycles. The molecule has 13 aromatic rings. The maximum atomic E-state index is 6.53. The van der Waals surface area contributed by atoms with Crippen molar-refractivity contribution in [3.05, 3.63) is 194 Å². The van der Waals surface area contributed by atoms with Crippen molar-refractivity contribution in [3.8, 4) is 33.6 Å². The minimum atomic E-state index is 0.878. The molecule has 0 saturated carbocycles. The van der Waals surface area contributed by atoms with Gasteiger partial charge in [-0.1, -0.05) is 115 Å². The lowest BCUT2D eigenvalue weighted by Gasteiger charge is -2.12. The molecule has 270 valence electrons. The van der Waals surface area contributed by atoms with Crippen molar-refractivity contribution >= 4 is 97.1 Å². The van der Waals surface area contributed by atoms with E-state index >= 15 is 0 Å². The highest BCUT2D eigenvalue weighted by molar-refractivity contribution is 7.25. The van der Waals surface area contributed by atoms with Gasteiger partial charge >= 0.3 is 0 Å². The molecule has 0 amide bonds. The molecule has 0 atom stereocenters. The van der Waals surface area contributed by atoms with Crippen LogP contribution in [0.5, 0.6) is 0 Å². The summed E-state index contributed by atoms with van der Waals surface area (Å²) in [6.45, 7) is 0. The van der Waals surface area contributed by atoms with Gasteiger partial charge in [0.2, 0.25) is 0 Å². The number of rotatable bonds is 4. The van der Waals surface area contributed by atoms with Gasteiger partial charge in [0.05, 0.1) is 22.1 Å². The summed E-state index contributed by atoms with van der Waals surface area (Å²) in [6.07, 6.45) is 0. The fourth-order valence-corrected chi connectivity index (χ4v) is 10.6. The first-order chi connectivity index (χ1) is 28.7. The van der Waals surface area contributed by atoms with Gasteiger partial charge in [-0.3, -0.25) is 0 Å². The Morgan fingerprint density at radius 2 is 0.845 bits per heavy atom. The second kappa shape index (κ2) is 12.1. The number of hydrogen-bond donors (Lipinski definition) is 0. The van der Waals surface area contributed by atoms with Crippen molar-refractivity contribution in [2.24, 2.45) is 0 Å². The van der Waals surface area contributed by atoms with Gasteiger partial charge in [-0.05, 0) is 95.6 Å². The molecule has 0 fully saturated rings.